The van der Waals surface area contributed by atoms with Crippen LogP contribution in [0.25, 0.3) is 0 Å². The lowest BCUT2D eigenvalue weighted by Gasteiger charge is -2.27. The van der Waals surface area contributed by atoms with Gasteiger partial charge < -0.3 is 0 Å². The van der Waals surface area contributed by atoms with Crippen LogP contribution < -0.4 is 0 Å². The SMILES string of the molecule is CCC1CCC(C)CC(CC)C1C. The Balaban J connectivity index is 2.61. The summed E-state index contributed by atoms with van der Waals surface area (Å²) in [6.45, 7) is 9.66. The molecule has 4 atom stereocenters. The van der Waals surface area contributed by atoms with Gasteiger partial charge in [0.15, 0.2) is 0 Å². The second-order valence-corrected chi connectivity index (χ2v) is 5.11. The fourth-order valence-corrected chi connectivity index (χ4v) is 3.11. The van der Waals surface area contributed by atoms with E-state index in [1.54, 1.807) is 0 Å². The summed E-state index contributed by atoms with van der Waals surface area (Å²) in [5.74, 6) is 3.96. The summed E-state index contributed by atoms with van der Waals surface area (Å²) in [5.41, 5.74) is 0. The lowest BCUT2D eigenvalue weighted by Crippen LogP contribution is -2.18. The normalized spacial score (nSPS) is 41.5. The summed E-state index contributed by atoms with van der Waals surface area (Å²) in [6, 6.07) is 0. The van der Waals surface area contributed by atoms with Crippen molar-refractivity contribution in [2.45, 2.75) is 59.8 Å². The molecular weight excluding hydrogens is 156 g/mol. The standard InChI is InChI=1S/C13H26/c1-5-12-8-7-10(3)9-13(6-2)11(12)4/h10-13H,5-9H2,1-4H3. The molecule has 1 saturated carbocycles. The van der Waals surface area contributed by atoms with Gasteiger partial charge in [-0.05, 0) is 36.5 Å². The van der Waals surface area contributed by atoms with Crippen LogP contribution in [0.1, 0.15) is 59.8 Å². The second-order valence-electron chi connectivity index (χ2n) is 5.11. The van der Waals surface area contributed by atoms with Gasteiger partial charge in [-0.2, -0.15) is 0 Å². The number of hydrogen-bond donors (Lipinski definition) is 0. The maximum Gasteiger partial charge on any atom is -0.0386 e. The first-order valence-corrected chi connectivity index (χ1v) is 6.19. The fraction of sp³-hybridized carbons (Fsp3) is 1.00. The maximum atomic E-state index is 2.49. The lowest BCUT2D eigenvalue weighted by molar-refractivity contribution is 0.233. The quantitative estimate of drug-likeness (QED) is 0.552. The molecule has 1 aliphatic rings. The molecule has 0 spiro atoms. The van der Waals surface area contributed by atoms with E-state index < -0.39 is 0 Å². The van der Waals surface area contributed by atoms with E-state index in [4.69, 9.17) is 0 Å². The summed E-state index contributed by atoms with van der Waals surface area (Å²) in [5, 5.41) is 0. The van der Waals surface area contributed by atoms with Crippen LogP contribution in [0.3, 0.4) is 0 Å². The van der Waals surface area contributed by atoms with Crippen molar-refractivity contribution < 1.29 is 0 Å². The highest BCUT2D eigenvalue weighted by molar-refractivity contribution is 4.78. The first-order chi connectivity index (χ1) is 6.19. The van der Waals surface area contributed by atoms with Crippen molar-refractivity contribution in [1.82, 2.24) is 0 Å². The highest BCUT2D eigenvalue weighted by Crippen LogP contribution is 2.38. The molecule has 0 bridgehead atoms. The molecule has 0 amide bonds. The van der Waals surface area contributed by atoms with Gasteiger partial charge in [0.25, 0.3) is 0 Å². The van der Waals surface area contributed by atoms with Crippen molar-refractivity contribution in [3.63, 3.8) is 0 Å². The minimum Gasteiger partial charge on any atom is -0.0651 e. The Morgan fingerprint density at radius 1 is 0.923 bits per heavy atom. The van der Waals surface area contributed by atoms with Crippen LogP contribution in [0.2, 0.25) is 0 Å². The first-order valence-electron chi connectivity index (χ1n) is 6.19. The van der Waals surface area contributed by atoms with Crippen LogP contribution in [0.4, 0.5) is 0 Å². The molecular formula is C13H26. The Morgan fingerprint density at radius 2 is 1.54 bits per heavy atom. The minimum absolute atomic E-state index is 0.972. The zero-order valence-corrected chi connectivity index (χ0v) is 9.84. The molecule has 4 unspecified atom stereocenters. The van der Waals surface area contributed by atoms with Crippen LogP contribution >= 0.6 is 0 Å². The third-order valence-electron chi connectivity index (χ3n) is 4.27. The summed E-state index contributed by atoms with van der Waals surface area (Å²) in [6.07, 6.45) is 7.22. The van der Waals surface area contributed by atoms with Gasteiger partial charge in [-0.15, -0.1) is 0 Å². The van der Waals surface area contributed by atoms with Gasteiger partial charge in [-0.25, -0.2) is 0 Å². The molecule has 0 aromatic carbocycles. The summed E-state index contributed by atoms with van der Waals surface area (Å²) < 4.78 is 0. The molecule has 0 heterocycles. The smallest absolute Gasteiger partial charge is 0.0386 e. The molecule has 0 aromatic heterocycles. The van der Waals surface area contributed by atoms with Crippen molar-refractivity contribution in [2.24, 2.45) is 23.7 Å². The molecule has 1 rings (SSSR count). The summed E-state index contributed by atoms with van der Waals surface area (Å²) in [4.78, 5) is 0. The average molecular weight is 182 g/mol. The topological polar surface area (TPSA) is 0 Å². The predicted octanol–water partition coefficient (Wildman–Crippen LogP) is 4.49. The van der Waals surface area contributed by atoms with Crippen molar-refractivity contribution in [2.75, 3.05) is 0 Å². The van der Waals surface area contributed by atoms with Crippen LogP contribution in [0, 0.1) is 23.7 Å². The number of hydrogen-bond acceptors (Lipinski definition) is 0. The van der Waals surface area contributed by atoms with Gasteiger partial charge >= 0.3 is 0 Å². The Bertz CT molecular complexity index is 139. The third kappa shape index (κ3) is 2.72. The van der Waals surface area contributed by atoms with Gasteiger partial charge in [0, 0.05) is 0 Å². The fourth-order valence-electron chi connectivity index (χ4n) is 3.11. The van der Waals surface area contributed by atoms with E-state index in [1.807, 2.05) is 0 Å². The molecule has 0 saturated heterocycles. The van der Waals surface area contributed by atoms with Gasteiger partial charge in [-0.1, -0.05) is 47.0 Å². The van der Waals surface area contributed by atoms with Crippen molar-refractivity contribution in [3.8, 4) is 0 Å². The highest BCUT2D eigenvalue weighted by Gasteiger charge is 2.28. The van der Waals surface area contributed by atoms with E-state index in [0.29, 0.717) is 0 Å². The van der Waals surface area contributed by atoms with E-state index in [2.05, 4.69) is 27.7 Å². The van der Waals surface area contributed by atoms with Crippen LogP contribution in [0.5, 0.6) is 0 Å². The van der Waals surface area contributed by atoms with Gasteiger partial charge in [0.1, 0.15) is 0 Å². The molecule has 1 aliphatic carbocycles. The Morgan fingerprint density at radius 3 is 2.08 bits per heavy atom. The number of rotatable bonds is 2. The zero-order chi connectivity index (χ0) is 9.84. The van der Waals surface area contributed by atoms with Crippen LogP contribution in [0.15, 0.2) is 0 Å². The van der Waals surface area contributed by atoms with Gasteiger partial charge in [-0.3, -0.25) is 0 Å². The van der Waals surface area contributed by atoms with Crippen LogP contribution in [-0.4, -0.2) is 0 Å². The molecule has 0 radical (unpaired) electrons. The second kappa shape index (κ2) is 5.02. The molecule has 0 aromatic rings. The van der Waals surface area contributed by atoms with E-state index >= 15 is 0 Å². The Labute approximate surface area is 84.1 Å². The third-order valence-corrected chi connectivity index (χ3v) is 4.27. The molecule has 1 fully saturated rings. The van der Waals surface area contributed by atoms with Crippen molar-refractivity contribution in [1.29, 1.82) is 0 Å². The van der Waals surface area contributed by atoms with E-state index in [-0.39, 0.29) is 0 Å². The van der Waals surface area contributed by atoms with Gasteiger partial charge in [0.2, 0.25) is 0 Å². The molecule has 78 valence electrons. The maximum absolute atomic E-state index is 2.49. The lowest BCUT2D eigenvalue weighted by atomic mass is 9.79. The van der Waals surface area contributed by atoms with Crippen LogP contribution in [-0.2, 0) is 0 Å². The van der Waals surface area contributed by atoms with Crippen molar-refractivity contribution >= 4 is 0 Å². The zero-order valence-electron chi connectivity index (χ0n) is 9.84. The van der Waals surface area contributed by atoms with E-state index in [1.165, 1.54) is 32.1 Å². The molecule has 0 N–H and O–H groups in total. The average Bonchev–Trinajstić information content (AvgIpc) is 2.26. The first kappa shape index (κ1) is 11.1. The molecule has 0 aliphatic heterocycles. The Kier molecular flexibility index (Phi) is 4.28. The Hall–Kier alpha value is 0. The summed E-state index contributed by atoms with van der Waals surface area (Å²) in [7, 11) is 0. The summed E-state index contributed by atoms with van der Waals surface area (Å²) >= 11 is 0. The van der Waals surface area contributed by atoms with E-state index in [0.717, 1.165) is 23.7 Å². The molecule has 0 nitrogen and oxygen atoms in total. The van der Waals surface area contributed by atoms with Gasteiger partial charge in [0.05, 0.1) is 0 Å². The largest absolute Gasteiger partial charge is 0.0651 e. The monoisotopic (exact) mass is 182 g/mol. The molecule has 0 heteroatoms. The molecule has 13 heavy (non-hydrogen) atoms. The van der Waals surface area contributed by atoms with Crippen molar-refractivity contribution in [3.05, 3.63) is 0 Å². The minimum atomic E-state index is 0.972. The highest BCUT2D eigenvalue weighted by atomic mass is 14.3. The van der Waals surface area contributed by atoms with E-state index in [9.17, 15) is 0 Å². The predicted molar refractivity (Wildman–Crippen MR) is 59.7 cm³/mol.